The predicted octanol–water partition coefficient (Wildman–Crippen LogP) is 8.26. The van der Waals surface area contributed by atoms with Gasteiger partial charge in [-0.1, -0.05) is 104 Å². The molecular formula is C35H38Cl2N2O3Si. The zero-order chi connectivity index (χ0) is 30.1. The number of hydrogen-bond donors (Lipinski definition) is 1. The second kappa shape index (κ2) is 14.8. The Morgan fingerprint density at radius 1 is 0.837 bits per heavy atom. The predicted molar refractivity (Wildman–Crippen MR) is 180 cm³/mol. The molecule has 1 heterocycles. The molecule has 0 aromatic heterocycles. The topological polar surface area (TPSA) is 50.8 Å². The van der Waals surface area contributed by atoms with Crippen LogP contribution in [-0.4, -0.2) is 38.9 Å². The van der Waals surface area contributed by atoms with Crippen molar-refractivity contribution in [2.24, 2.45) is 5.92 Å². The van der Waals surface area contributed by atoms with Gasteiger partial charge in [0.05, 0.1) is 16.7 Å². The fourth-order valence-corrected chi connectivity index (χ4v) is 9.96. The first kappa shape index (κ1) is 31.0. The van der Waals surface area contributed by atoms with Crippen molar-refractivity contribution in [3.8, 4) is 11.5 Å². The third-order valence-corrected chi connectivity index (χ3v) is 12.9. The van der Waals surface area contributed by atoms with E-state index in [0.29, 0.717) is 41.3 Å². The van der Waals surface area contributed by atoms with Crippen LogP contribution in [0.4, 0.5) is 10.5 Å². The third-order valence-electron chi connectivity index (χ3n) is 8.04. The van der Waals surface area contributed by atoms with E-state index in [1.54, 1.807) is 18.2 Å². The van der Waals surface area contributed by atoms with Gasteiger partial charge in [-0.3, -0.25) is 0 Å². The lowest BCUT2D eigenvalue weighted by atomic mass is 9.98. The largest absolute Gasteiger partial charge is 0.535 e. The Labute approximate surface area is 265 Å². The number of rotatable bonds is 11. The minimum atomic E-state index is -2.51. The Kier molecular flexibility index (Phi) is 10.7. The molecule has 0 bridgehead atoms. The summed E-state index contributed by atoms with van der Waals surface area (Å²) in [5.74, 6) is 2.08. The maximum absolute atomic E-state index is 12.7. The van der Waals surface area contributed by atoms with Gasteiger partial charge in [0.15, 0.2) is 0 Å². The van der Waals surface area contributed by atoms with Crippen molar-refractivity contribution in [1.29, 1.82) is 0 Å². The number of unbranched alkanes of at least 4 members (excludes halogenated alkanes) is 1. The number of nitrogens with one attached hydrogen (secondary N) is 1. The standard InChI is InChI=1S/C35H38Cl2N2O3Si/c1-2-3-24-43(31-10-6-4-7-11-31,32-12-8-5-9-13-32)42-30-17-15-29(16-18-30)41-26-27-20-22-39(23-21-27)35(40)38-28-14-19-33(36)34(37)25-28/h4-19,25,27H,2-3,20-24,26H2,1H3,(H,38,40). The van der Waals surface area contributed by atoms with Crippen LogP contribution in [0, 0.1) is 5.92 Å². The molecule has 0 aliphatic carbocycles. The van der Waals surface area contributed by atoms with E-state index in [1.807, 2.05) is 29.2 Å². The Morgan fingerprint density at radius 2 is 1.44 bits per heavy atom. The molecule has 4 aromatic rings. The zero-order valence-electron chi connectivity index (χ0n) is 24.5. The fourth-order valence-electron chi connectivity index (χ4n) is 5.56. The normalized spacial score (nSPS) is 13.9. The van der Waals surface area contributed by atoms with Gasteiger partial charge in [0.1, 0.15) is 11.5 Å². The second-order valence-corrected chi connectivity index (χ2v) is 15.4. The molecule has 5 nitrogen and oxygen atoms in total. The van der Waals surface area contributed by atoms with E-state index in [1.165, 1.54) is 10.4 Å². The van der Waals surface area contributed by atoms with Crippen LogP contribution in [0.1, 0.15) is 32.6 Å². The van der Waals surface area contributed by atoms with Crippen LogP contribution in [0.3, 0.4) is 0 Å². The summed E-state index contributed by atoms with van der Waals surface area (Å²) in [5, 5.41) is 6.36. The molecule has 0 saturated carbocycles. The number of anilines is 1. The van der Waals surface area contributed by atoms with Crippen LogP contribution < -0.4 is 24.9 Å². The molecule has 5 rings (SSSR count). The minimum Gasteiger partial charge on any atom is -0.535 e. The zero-order valence-corrected chi connectivity index (χ0v) is 27.0. The van der Waals surface area contributed by atoms with Gasteiger partial charge in [-0.15, -0.1) is 0 Å². The van der Waals surface area contributed by atoms with Crippen LogP contribution in [-0.2, 0) is 0 Å². The minimum absolute atomic E-state index is 0.127. The number of likely N-dealkylation sites (tertiary alicyclic amines) is 1. The molecule has 1 fully saturated rings. The molecule has 2 amide bonds. The summed E-state index contributed by atoms with van der Waals surface area (Å²) in [6, 6.07) is 35.5. The molecule has 0 unspecified atom stereocenters. The molecule has 1 aliphatic rings. The number of hydrogen-bond acceptors (Lipinski definition) is 3. The van der Waals surface area contributed by atoms with Crippen molar-refractivity contribution >= 4 is 53.6 Å². The van der Waals surface area contributed by atoms with Crippen LogP contribution in [0.5, 0.6) is 11.5 Å². The number of ether oxygens (including phenoxy) is 1. The van der Waals surface area contributed by atoms with Gasteiger partial charge in [-0.05, 0) is 77.6 Å². The molecule has 1 N–H and O–H groups in total. The Morgan fingerprint density at radius 3 is 2.02 bits per heavy atom. The first-order chi connectivity index (χ1) is 21.0. The SMILES string of the molecule is CCCC[Si](Oc1ccc(OCC2CCN(C(=O)Nc3ccc(Cl)c(Cl)c3)CC2)cc1)(c1ccccc1)c1ccccc1. The Balaban J connectivity index is 1.18. The molecule has 0 radical (unpaired) electrons. The van der Waals surface area contributed by atoms with Crippen molar-refractivity contribution in [3.63, 3.8) is 0 Å². The van der Waals surface area contributed by atoms with E-state index < -0.39 is 8.32 Å². The lowest BCUT2D eigenvalue weighted by Gasteiger charge is -2.33. The van der Waals surface area contributed by atoms with Gasteiger partial charge >= 0.3 is 14.3 Å². The van der Waals surface area contributed by atoms with Gasteiger partial charge in [0.2, 0.25) is 0 Å². The number of piperidine rings is 1. The number of urea groups is 1. The monoisotopic (exact) mass is 632 g/mol. The number of halogens is 2. The smallest absolute Gasteiger partial charge is 0.321 e. The number of benzene rings is 4. The van der Waals surface area contributed by atoms with E-state index in [9.17, 15) is 4.79 Å². The summed E-state index contributed by atoms with van der Waals surface area (Å²) in [4.78, 5) is 14.6. The van der Waals surface area contributed by atoms with E-state index in [2.05, 4.69) is 72.9 Å². The first-order valence-corrected chi connectivity index (χ1v) is 17.9. The van der Waals surface area contributed by atoms with E-state index in [-0.39, 0.29) is 6.03 Å². The van der Waals surface area contributed by atoms with Crippen molar-refractivity contribution in [3.05, 3.63) is 113 Å². The number of carbonyl (C=O) groups excluding carboxylic acids is 1. The summed E-state index contributed by atoms with van der Waals surface area (Å²) < 4.78 is 13.2. The number of amides is 2. The summed E-state index contributed by atoms with van der Waals surface area (Å²) in [7, 11) is -2.51. The molecule has 0 atom stereocenters. The van der Waals surface area contributed by atoms with Gasteiger partial charge in [0.25, 0.3) is 0 Å². The average Bonchev–Trinajstić information content (AvgIpc) is 3.05. The molecular weight excluding hydrogens is 595 g/mol. The summed E-state index contributed by atoms with van der Waals surface area (Å²) in [5.41, 5.74) is 0.634. The van der Waals surface area contributed by atoms with E-state index in [0.717, 1.165) is 43.2 Å². The Hall–Kier alpha value is -3.45. The summed E-state index contributed by atoms with van der Waals surface area (Å²) in [6.45, 7) is 4.21. The second-order valence-electron chi connectivity index (χ2n) is 11.0. The summed E-state index contributed by atoms with van der Waals surface area (Å²) >= 11 is 12.1. The van der Waals surface area contributed by atoms with Crippen LogP contribution in [0.25, 0.3) is 0 Å². The molecule has 8 heteroatoms. The van der Waals surface area contributed by atoms with Gasteiger partial charge in [-0.25, -0.2) is 4.79 Å². The van der Waals surface area contributed by atoms with Gasteiger partial charge < -0.3 is 19.4 Å². The van der Waals surface area contributed by atoms with Crippen molar-refractivity contribution < 1.29 is 14.0 Å². The van der Waals surface area contributed by atoms with Gasteiger partial charge in [0, 0.05) is 18.8 Å². The third kappa shape index (κ3) is 7.94. The lowest BCUT2D eigenvalue weighted by molar-refractivity contribution is 0.152. The molecule has 1 saturated heterocycles. The maximum Gasteiger partial charge on any atom is 0.321 e. The van der Waals surface area contributed by atoms with Crippen LogP contribution in [0.2, 0.25) is 16.1 Å². The number of carbonyl (C=O) groups is 1. The van der Waals surface area contributed by atoms with Crippen LogP contribution >= 0.6 is 23.2 Å². The highest BCUT2D eigenvalue weighted by Crippen LogP contribution is 2.27. The van der Waals surface area contributed by atoms with E-state index in [4.69, 9.17) is 32.4 Å². The summed E-state index contributed by atoms with van der Waals surface area (Å²) in [6.07, 6.45) is 3.99. The highest BCUT2D eigenvalue weighted by Gasteiger charge is 2.41. The molecule has 224 valence electrons. The van der Waals surface area contributed by atoms with Crippen molar-refractivity contribution in [2.75, 3.05) is 25.0 Å². The van der Waals surface area contributed by atoms with Crippen molar-refractivity contribution in [2.45, 2.75) is 38.7 Å². The molecule has 4 aromatic carbocycles. The highest BCUT2D eigenvalue weighted by molar-refractivity contribution is 6.98. The molecule has 43 heavy (non-hydrogen) atoms. The first-order valence-electron chi connectivity index (χ1n) is 15.0. The average molecular weight is 634 g/mol. The van der Waals surface area contributed by atoms with E-state index >= 15 is 0 Å². The highest BCUT2D eigenvalue weighted by atomic mass is 35.5. The fraction of sp³-hybridized carbons (Fsp3) is 0.286. The van der Waals surface area contributed by atoms with Crippen LogP contribution in [0.15, 0.2) is 103 Å². The molecule has 0 spiro atoms. The van der Waals surface area contributed by atoms with Crippen molar-refractivity contribution in [1.82, 2.24) is 4.90 Å². The quantitative estimate of drug-likeness (QED) is 0.169. The number of nitrogens with zero attached hydrogens (tertiary/aromatic N) is 1. The Bertz CT molecular complexity index is 1420. The molecule has 1 aliphatic heterocycles. The van der Waals surface area contributed by atoms with Gasteiger partial charge in [-0.2, -0.15) is 0 Å². The maximum atomic E-state index is 12.7. The lowest BCUT2D eigenvalue weighted by Crippen LogP contribution is -2.63.